The summed E-state index contributed by atoms with van der Waals surface area (Å²) < 4.78 is 5.33. The molecule has 1 atom stereocenters. The van der Waals surface area contributed by atoms with Crippen molar-refractivity contribution in [2.45, 2.75) is 20.0 Å². The molecule has 0 aromatic heterocycles. The number of carbonyl (C=O) groups excluding carboxylic acids is 2. The number of carboxylic acids is 1. The molecule has 7 heteroatoms. The van der Waals surface area contributed by atoms with E-state index in [1.807, 2.05) is 13.0 Å². The molecule has 3 rings (SSSR count). The van der Waals surface area contributed by atoms with Gasteiger partial charge in [-0.1, -0.05) is 24.3 Å². The monoisotopic (exact) mass is 383 g/mol. The van der Waals surface area contributed by atoms with E-state index < -0.39 is 12.1 Å². The van der Waals surface area contributed by atoms with Crippen LogP contribution in [0.5, 0.6) is 5.75 Å². The van der Waals surface area contributed by atoms with Crippen LogP contribution in [0.1, 0.15) is 18.1 Å². The van der Waals surface area contributed by atoms with E-state index in [-0.39, 0.29) is 11.1 Å². The van der Waals surface area contributed by atoms with Gasteiger partial charge in [0, 0.05) is 0 Å². The van der Waals surface area contributed by atoms with E-state index in [2.05, 4.69) is 0 Å². The fourth-order valence-electron chi connectivity index (χ4n) is 2.54. The molecule has 2 aromatic rings. The van der Waals surface area contributed by atoms with E-state index >= 15 is 0 Å². The number of amides is 2. The third kappa shape index (κ3) is 4.20. The maximum absolute atomic E-state index is 12.7. The number of thioether (sulfide) groups is 1. The Bertz CT molecular complexity index is 953. The lowest BCUT2D eigenvalue weighted by Gasteiger charge is -2.12. The molecule has 2 amide bonds. The average Bonchev–Trinajstić information content (AvgIpc) is 2.88. The van der Waals surface area contributed by atoms with Gasteiger partial charge in [-0.25, -0.2) is 9.69 Å². The number of anilines is 1. The Kier molecular flexibility index (Phi) is 5.32. The van der Waals surface area contributed by atoms with Gasteiger partial charge in [-0.3, -0.25) is 9.59 Å². The van der Waals surface area contributed by atoms with Crippen LogP contribution in [0, 0.1) is 6.92 Å². The summed E-state index contributed by atoms with van der Waals surface area (Å²) in [7, 11) is 0. The van der Waals surface area contributed by atoms with Crippen LogP contribution in [0.25, 0.3) is 6.08 Å². The van der Waals surface area contributed by atoms with Crippen molar-refractivity contribution in [1.82, 2.24) is 0 Å². The van der Waals surface area contributed by atoms with Gasteiger partial charge in [-0.2, -0.15) is 0 Å². The molecule has 0 bridgehead atoms. The number of nitrogens with zero attached hydrogens (tertiary/aromatic N) is 1. The van der Waals surface area contributed by atoms with Gasteiger partial charge >= 0.3 is 5.97 Å². The summed E-state index contributed by atoms with van der Waals surface area (Å²) in [6.07, 6.45) is 0.604. The maximum atomic E-state index is 12.7. The van der Waals surface area contributed by atoms with E-state index in [0.29, 0.717) is 21.9 Å². The molecule has 1 heterocycles. The number of hydrogen-bond acceptors (Lipinski definition) is 5. The van der Waals surface area contributed by atoms with Crippen molar-refractivity contribution in [3.8, 4) is 5.75 Å². The first-order chi connectivity index (χ1) is 12.8. The smallest absolute Gasteiger partial charge is 0.344 e. The number of imide groups is 1. The average molecular weight is 383 g/mol. The van der Waals surface area contributed by atoms with E-state index in [9.17, 15) is 14.4 Å². The molecule has 0 spiro atoms. The van der Waals surface area contributed by atoms with Crippen LogP contribution >= 0.6 is 11.8 Å². The van der Waals surface area contributed by atoms with Crippen molar-refractivity contribution in [3.05, 3.63) is 64.6 Å². The Morgan fingerprint density at radius 2 is 1.93 bits per heavy atom. The Hall–Kier alpha value is -3.06. The Labute approximate surface area is 160 Å². The minimum Gasteiger partial charge on any atom is -0.479 e. The minimum atomic E-state index is -1.07. The number of aliphatic carboxylic acids is 1. The van der Waals surface area contributed by atoms with Gasteiger partial charge < -0.3 is 9.84 Å². The molecule has 2 aromatic carbocycles. The van der Waals surface area contributed by atoms with Crippen LogP contribution in [0.3, 0.4) is 0 Å². The van der Waals surface area contributed by atoms with E-state index in [0.717, 1.165) is 22.2 Å². The van der Waals surface area contributed by atoms with Gasteiger partial charge in [0.25, 0.3) is 11.1 Å². The van der Waals surface area contributed by atoms with Crippen molar-refractivity contribution in [3.63, 3.8) is 0 Å². The molecule has 1 N–H and O–H groups in total. The molecule has 0 saturated carbocycles. The largest absolute Gasteiger partial charge is 0.479 e. The fourth-order valence-corrected chi connectivity index (χ4v) is 3.38. The lowest BCUT2D eigenvalue weighted by molar-refractivity contribution is -0.144. The number of benzene rings is 2. The molecule has 1 aliphatic heterocycles. The van der Waals surface area contributed by atoms with Crippen molar-refractivity contribution in [1.29, 1.82) is 0 Å². The molecule has 0 radical (unpaired) electrons. The molecule has 1 unspecified atom stereocenters. The lowest BCUT2D eigenvalue weighted by atomic mass is 10.2. The minimum absolute atomic E-state index is 0.296. The van der Waals surface area contributed by atoms with Crippen LogP contribution in [-0.4, -0.2) is 28.3 Å². The van der Waals surface area contributed by atoms with Crippen molar-refractivity contribution >= 4 is 40.6 Å². The summed E-state index contributed by atoms with van der Waals surface area (Å²) in [5.41, 5.74) is 2.13. The first kappa shape index (κ1) is 18.7. The summed E-state index contributed by atoms with van der Waals surface area (Å²) >= 11 is 0.866. The van der Waals surface area contributed by atoms with Crippen molar-refractivity contribution in [2.24, 2.45) is 0 Å². The van der Waals surface area contributed by atoms with Crippen LogP contribution in [-0.2, 0) is 9.59 Å². The third-order valence-electron chi connectivity index (χ3n) is 3.87. The second kappa shape index (κ2) is 7.67. The molecule has 1 saturated heterocycles. The summed E-state index contributed by atoms with van der Waals surface area (Å²) in [5.74, 6) is -1.09. The molecule has 0 aliphatic carbocycles. The summed E-state index contributed by atoms with van der Waals surface area (Å²) in [6.45, 7) is 3.32. The SMILES string of the molecule is Cc1cccc(N2C(=O)S/C(=C/c3cccc(OC(C)C(=O)O)c3)C2=O)c1. The van der Waals surface area contributed by atoms with Gasteiger partial charge in [-0.15, -0.1) is 0 Å². The zero-order chi connectivity index (χ0) is 19.6. The highest BCUT2D eigenvalue weighted by molar-refractivity contribution is 8.19. The van der Waals surface area contributed by atoms with Gasteiger partial charge in [0.2, 0.25) is 0 Å². The van der Waals surface area contributed by atoms with Crippen LogP contribution in [0.2, 0.25) is 0 Å². The highest BCUT2D eigenvalue weighted by atomic mass is 32.2. The van der Waals surface area contributed by atoms with Crippen LogP contribution < -0.4 is 9.64 Å². The lowest BCUT2D eigenvalue weighted by Crippen LogP contribution is -2.27. The number of hydrogen-bond donors (Lipinski definition) is 1. The highest BCUT2D eigenvalue weighted by Crippen LogP contribution is 2.36. The van der Waals surface area contributed by atoms with Crippen molar-refractivity contribution < 1.29 is 24.2 Å². The van der Waals surface area contributed by atoms with E-state index in [4.69, 9.17) is 9.84 Å². The Balaban J connectivity index is 1.85. The summed E-state index contributed by atoms with van der Waals surface area (Å²) in [4.78, 5) is 37.4. The molecule has 1 fully saturated rings. The first-order valence-electron chi connectivity index (χ1n) is 8.19. The number of aryl methyl sites for hydroxylation is 1. The predicted octanol–water partition coefficient (Wildman–Crippen LogP) is 4.09. The second-order valence-electron chi connectivity index (χ2n) is 6.03. The molecule has 138 valence electrons. The molecular weight excluding hydrogens is 366 g/mol. The van der Waals surface area contributed by atoms with Crippen molar-refractivity contribution in [2.75, 3.05) is 4.90 Å². The molecular formula is C20H17NO5S. The number of carbonyl (C=O) groups is 3. The summed E-state index contributed by atoms with van der Waals surface area (Å²) in [5, 5.41) is 8.58. The first-order valence-corrected chi connectivity index (χ1v) is 9.01. The fraction of sp³-hybridized carbons (Fsp3) is 0.150. The van der Waals surface area contributed by atoms with Crippen LogP contribution in [0.4, 0.5) is 10.5 Å². The Morgan fingerprint density at radius 1 is 1.19 bits per heavy atom. The Morgan fingerprint density at radius 3 is 2.63 bits per heavy atom. The topological polar surface area (TPSA) is 83.9 Å². The highest BCUT2D eigenvalue weighted by Gasteiger charge is 2.36. The normalized spacial score (nSPS) is 16.7. The number of rotatable bonds is 5. The zero-order valence-electron chi connectivity index (χ0n) is 14.7. The predicted molar refractivity (Wildman–Crippen MR) is 104 cm³/mol. The van der Waals surface area contributed by atoms with Gasteiger partial charge in [-0.05, 0) is 67.1 Å². The molecule has 1 aliphatic rings. The van der Waals surface area contributed by atoms with Gasteiger partial charge in [0.1, 0.15) is 5.75 Å². The standard InChI is InChI=1S/C20H17NO5S/c1-12-5-3-7-15(9-12)21-18(22)17(27-20(21)25)11-14-6-4-8-16(10-14)26-13(2)19(23)24/h3-11,13H,1-2H3,(H,23,24)/b17-11+. The second-order valence-corrected chi connectivity index (χ2v) is 7.02. The number of carboxylic acid groups (broad SMARTS) is 1. The zero-order valence-corrected chi connectivity index (χ0v) is 15.5. The third-order valence-corrected chi connectivity index (χ3v) is 4.74. The maximum Gasteiger partial charge on any atom is 0.344 e. The van der Waals surface area contributed by atoms with Crippen LogP contribution in [0.15, 0.2) is 53.4 Å². The summed E-state index contributed by atoms with van der Waals surface area (Å²) in [6, 6.07) is 13.9. The van der Waals surface area contributed by atoms with Gasteiger partial charge in [0.15, 0.2) is 6.10 Å². The quantitative estimate of drug-likeness (QED) is 0.783. The molecule has 6 nitrogen and oxygen atoms in total. The number of ether oxygens (including phenoxy) is 1. The van der Waals surface area contributed by atoms with E-state index in [1.165, 1.54) is 6.92 Å². The van der Waals surface area contributed by atoms with Gasteiger partial charge in [0.05, 0.1) is 10.6 Å². The molecule has 27 heavy (non-hydrogen) atoms. The van der Waals surface area contributed by atoms with E-state index in [1.54, 1.807) is 48.5 Å².